The summed E-state index contributed by atoms with van der Waals surface area (Å²) in [5, 5.41) is 4.99. The first-order chi connectivity index (χ1) is 9.79. The minimum Gasteiger partial charge on any atom is -0.304 e. The van der Waals surface area contributed by atoms with Crippen LogP contribution in [0.3, 0.4) is 0 Å². The highest BCUT2D eigenvalue weighted by atomic mass is 32.1. The minimum absolute atomic E-state index is 0.358. The Labute approximate surface area is 124 Å². The maximum atomic E-state index is 4.76. The molecule has 1 aromatic carbocycles. The molecule has 1 aliphatic carbocycles. The maximum absolute atomic E-state index is 4.76. The van der Waals surface area contributed by atoms with Crippen molar-refractivity contribution >= 4 is 21.6 Å². The molecule has 1 aromatic heterocycles. The summed E-state index contributed by atoms with van der Waals surface area (Å²) in [5.41, 5.74) is 1.13. The van der Waals surface area contributed by atoms with E-state index in [1.807, 2.05) is 11.3 Å². The SMILES string of the molecule is CC(NC1CCN(C2CC2)C1)c1nc2ccccc2s1. The molecular weight excluding hydrogens is 266 g/mol. The number of thiazole rings is 1. The highest BCUT2D eigenvalue weighted by Crippen LogP contribution is 2.31. The zero-order chi connectivity index (χ0) is 13.5. The van der Waals surface area contributed by atoms with E-state index in [1.54, 1.807) is 0 Å². The summed E-state index contributed by atoms with van der Waals surface area (Å²) in [6.07, 6.45) is 4.12. The van der Waals surface area contributed by atoms with Gasteiger partial charge in [-0.15, -0.1) is 11.3 Å². The predicted octanol–water partition coefficient (Wildman–Crippen LogP) is 3.18. The van der Waals surface area contributed by atoms with E-state index < -0.39 is 0 Å². The van der Waals surface area contributed by atoms with Gasteiger partial charge < -0.3 is 5.32 Å². The van der Waals surface area contributed by atoms with Crippen LogP contribution in [0, 0.1) is 0 Å². The molecule has 0 radical (unpaired) electrons. The second-order valence-electron chi connectivity index (χ2n) is 6.12. The number of nitrogens with one attached hydrogen (secondary N) is 1. The van der Waals surface area contributed by atoms with Crippen LogP contribution in [0.5, 0.6) is 0 Å². The highest BCUT2D eigenvalue weighted by Gasteiger charge is 2.34. The molecule has 1 saturated heterocycles. The summed E-state index contributed by atoms with van der Waals surface area (Å²) in [4.78, 5) is 7.42. The van der Waals surface area contributed by atoms with E-state index in [4.69, 9.17) is 4.98 Å². The van der Waals surface area contributed by atoms with Crippen molar-refractivity contribution in [2.45, 2.75) is 44.3 Å². The van der Waals surface area contributed by atoms with E-state index >= 15 is 0 Å². The van der Waals surface area contributed by atoms with Crippen LogP contribution in [-0.2, 0) is 0 Å². The van der Waals surface area contributed by atoms with Crippen LogP contribution in [0.15, 0.2) is 24.3 Å². The molecule has 2 heterocycles. The molecule has 0 bridgehead atoms. The van der Waals surface area contributed by atoms with E-state index in [0.717, 1.165) is 11.6 Å². The van der Waals surface area contributed by atoms with Crippen LogP contribution in [0.1, 0.15) is 37.2 Å². The fourth-order valence-corrected chi connectivity index (χ4v) is 4.17. The molecule has 1 saturated carbocycles. The number of aromatic nitrogens is 1. The predicted molar refractivity (Wildman–Crippen MR) is 84.2 cm³/mol. The lowest BCUT2D eigenvalue weighted by Crippen LogP contribution is -2.34. The first-order valence-electron chi connectivity index (χ1n) is 7.65. The second kappa shape index (κ2) is 5.10. The average molecular weight is 287 g/mol. The molecule has 2 aliphatic rings. The number of hydrogen-bond acceptors (Lipinski definition) is 4. The molecule has 2 unspecified atom stereocenters. The Morgan fingerprint density at radius 2 is 2.15 bits per heavy atom. The molecule has 20 heavy (non-hydrogen) atoms. The molecule has 106 valence electrons. The molecule has 1 N–H and O–H groups in total. The lowest BCUT2D eigenvalue weighted by atomic mass is 10.2. The normalized spacial score (nSPS) is 25.4. The van der Waals surface area contributed by atoms with Crippen molar-refractivity contribution in [1.29, 1.82) is 0 Å². The summed E-state index contributed by atoms with van der Waals surface area (Å²) in [7, 11) is 0. The maximum Gasteiger partial charge on any atom is 0.111 e. The minimum atomic E-state index is 0.358. The van der Waals surface area contributed by atoms with Crippen molar-refractivity contribution < 1.29 is 0 Å². The van der Waals surface area contributed by atoms with Crippen LogP contribution >= 0.6 is 11.3 Å². The molecule has 2 aromatic rings. The largest absolute Gasteiger partial charge is 0.304 e. The molecule has 2 fully saturated rings. The van der Waals surface area contributed by atoms with Gasteiger partial charge in [0.05, 0.1) is 16.3 Å². The van der Waals surface area contributed by atoms with Gasteiger partial charge in [0.2, 0.25) is 0 Å². The Morgan fingerprint density at radius 3 is 2.95 bits per heavy atom. The molecule has 4 heteroatoms. The zero-order valence-electron chi connectivity index (χ0n) is 11.9. The molecule has 3 nitrogen and oxygen atoms in total. The standard InChI is InChI=1S/C16H21N3S/c1-11(16-18-14-4-2-3-5-15(14)20-16)17-12-8-9-19(10-12)13-6-7-13/h2-5,11-13,17H,6-10H2,1H3. The number of benzene rings is 1. The highest BCUT2D eigenvalue weighted by molar-refractivity contribution is 7.18. The van der Waals surface area contributed by atoms with Gasteiger partial charge in [-0.05, 0) is 38.3 Å². The van der Waals surface area contributed by atoms with E-state index in [0.29, 0.717) is 12.1 Å². The zero-order valence-corrected chi connectivity index (χ0v) is 12.7. The molecule has 0 amide bonds. The van der Waals surface area contributed by atoms with Crippen molar-refractivity contribution in [3.63, 3.8) is 0 Å². The van der Waals surface area contributed by atoms with Crippen LogP contribution in [0.2, 0.25) is 0 Å². The smallest absolute Gasteiger partial charge is 0.111 e. The number of para-hydroxylation sites is 1. The summed E-state index contributed by atoms with van der Waals surface area (Å²) in [6, 6.07) is 10.3. The number of likely N-dealkylation sites (tertiary alicyclic amines) is 1. The van der Waals surface area contributed by atoms with Crippen LogP contribution in [0.25, 0.3) is 10.2 Å². The Morgan fingerprint density at radius 1 is 1.30 bits per heavy atom. The number of fused-ring (bicyclic) bond motifs is 1. The van der Waals surface area contributed by atoms with Gasteiger partial charge in [-0.3, -0.25) is 4.90 Å². The van der Waals surface area contributed by atoms with Crippen molar-refractivity contribution in [2.24, 2.45) is 0 Å². The summed E-state index contributed by atoms with van der Waals surface area (Å²) >= 11 is 1.82. The van der Waals surface area contributed by atoms with E-state index in [-0.39, 0.29) is 0 Å². The quantitative estimate of drug-likeness (QED) is 0.936. The third-order valence-corrected chi connectivity index (χ3v) is 5.67. The number of rotatable bonds is 4. The van der Waals surface area contributed by atoms with Gasteiger partial charge in [-0.2, -0.15) is 0 Å². The average Bonchev–Trinajstić information content (AvgIpc) is 3.04. The van der Waals surface area contributed by atoms with Gasteiger partial charge in [0.1, 0.15) is 5.01 Å². The molecule has 1 aliphatic heterocycles. The van der Waals surface area contributed by atoms with Gasteiger partial charge >= 0.3 is 0 Å². The van der Waals surface area contributed by atoms with Crippen LogP contribution in [-0.4, -0.2) is 35.1 Å². The molecular formula is C16H21N3S. The van der Waals surface area contributed by atoms with Crippen molar-refractivity contribution in [2.75, 3.05) is 13.1 Å². The molecule has 0 spiro atoms. The topological polar surface area (TPSA) is 28.2 Å². The number of nitrogens with zero attached hydrogens (tertiary/aromatic N) is 2. The number of hydrogen-bond donors (Lipinski definition) is 1. The van der Waals surface area contributed by atoms with E-state index in [1.165, 1.54) is 42.1 Å². The van der Waals surface area contributed by atoms with Gasteiger partial charge in [0.25, 0.3) is 0 Å². The van der Waals surface area contributed by atoms with E-state index in [2.05, 4.69) is 41.4 Å². The lowest BCUT2D eigenvalue weighted by molar-refractivity contribution is 0.313. The third kappa shape index (κ3) is 2.48. The third-order valence-electron chi connectivity index (χ3n) is 4.45. The van der Waals surface area contributed by atoms with E-state index in [9.17, 15) is 0 Å². The Balaban J connectivity index is 1.43. The van der Waals surface area contributed by atoms with Crippen molar-refractivity contribution in [3.8, 4) is 0 Å². The summed E-state index contributed by atoms with van der Waals surface area (Å²) in [5.74, 6) is 0. The fourth-order valence-electron chi connectivity index (χ4n) is 3.19. The monoisotopic (exact) mass is 287 g/mol. The summed E-state index contributed by atoms with van der Waals surface area (Å²) < 4.78 is 1.29. The molecule has 2 atom stereocenters. The van der Waals surface area contributed by atoms with Gasteiger partial charge in [0.15, 0.2) is 0 Å². The van der Waals surface area contributed by atoms with Gasteiger partial charge in [-0.1, -0.05) is 12.1 Å². The Hall–Kier alpha value is -0.970. The Bertz CT molecular complexity index is 572. The van der Waals surface area contributed by atoms with Crippen LogP contribution < -0.4 is 5.32 Å². The van der Waals surface area contributed by atoms with Gasteiger partial charge in [-0.25, -0.2) is 4.98 Å². The first kappa shape index (κ1) is 12.7. The van der Waals surface area contributed by atoms with Crippen molar-refractivity contribution in [3.05, 3.63) is 29.3 Å². The van der Waals surface area contributed by atoms with Crippen LogP contribution in [0.4, 0.5) is 0 Å². The molecule has 4 rings (SSSR count). The summed E-state index contributed by atoms with van der Waals surface area (Å²) in [6.45, 7) is 4.74. The second-order valence-corrected chi connectivity index (χ2v) is 7.18. The van der Waals surface area contributed by atoms with Gasteiger partial charge in [0, 0.05) is 25.2 Å². The van der Waals surface area contributed by atoms with Crippen molar-refractivity contribution in [1.82, 2.24) is 15.2 Å². The first-order valence-corrected chi connectivity index (χ1v) is 8.47. The Kier molecular flexibility index (Phi) is 3.25. The lowest BCUT2D eigenvalue weighted by Gasteiger charge is -2.19. The fraction of sp³-hybridized carbons (Fsp3) is 0.562.